The van der Waals surface area contributed by atoms with E-state index >= 15 is 0 Å². The molecule has 0 spiro atoms. The molecule has 0 aliphatic heterocycles. The number of aryl methyl sites for hydroxylation is 3. The van der Waals surface area contributed by atoms with Gasteiger partial charge in [0.25, 0.3) is 0 Å². The van der Waals surface area contributed by atoms with Gasteiger partial charge in [0.2, 0.25) is 0 Å². The third-order valence-electron chi connectivity index (χ3n) is 2.59. The van der Waals surface area contributed by atoms with Crippen LogP contribution in [-0.4, -0.2) is 4.98 Å². The zero-order valence-corrected chi connectivity index (χ0v) is 15.9. The van der Waals surface area contributed by atoms with Crippen molar-refractivity contribution in [2.24, 2.45) is 0 Å². The number of thiophene rings is 1. The summed E-state index contributed by atoms with van der Waals surface area (Å²) in [5, 5.41) is 3.47. The van der Waals surface area contributed by atoms with E-state index in [4.69, 9.17) is 0 Å². The summed E-state index contributed by atoms with van der Waals surface area (Å²) in [7, 11) is 0. The highest BCUT2D eigenvalue weighted by molar-refractivity contribution is 7.17. The van der Waals surface area contributed by atoms with Crippen LogP contribution in [0, 0.1) is 33.1 Å². The number of aromatic nitrogens is 1. The van der Waals surface area contributed by atoms with E-state index in [2.05, 4.69) is 72.1 Å². The Labute approximate surface area is 145 Å². The highest BCUT2D eigenvalue weighted by Gasteiger charge is 1.89. The second kappa shape index (κ2) is 12.4. The Morgan fingerprint density at radius 1 is 0.957 bits per heavy atom. The second-order valence-corrected chi connectivity index (χ2v) is 5.62. The van der Waals surface area contributed by atoms with Crippen molar-refractivity contribution in [2.75, 3.05) is 0 Å². The number of fused-ring (bicyclic) bond motifs is 1. The van der Waals surface area contributed by atoms with Crippen molar-refractivity contribution in [2.45, 2.75) is 41.5 Å². The van der Waals surface area contributed by atoms with Crippen molar-refractivity contribution in [1.82, 2.24) is 4.98 Å². The summed E-state index contributed by atoms with van der Waals surface area (Å²) in [5.41, 5.74) is 3.50. The highest BCUT2D eigenvalue weighted by atomic mass is 32.1. The molecule has 3 rings (SSSR count). The van der Waals surface area contributed by atoms with Gasteiger partial charge in [0.05, 0.1) is 0 Å². The van der Waals surface area contributed by atoms with Gasteiger partial charge in [-0.15, -0.1) is 23.7 Å². The van der Waals surface area contributed by atoms with E-state index in [0.717, 1.165) is 11.4 Å². The number of rotatable bonds is 0. The van der Waals surface area contributed by atoms with E-state index in [1.807, 2.05) is 27.7 Å². The molecule has 1 nitrogen and oxygen atoms in total. The fourth-order valence-corrected chi connectivity index (χ4v) is 2.74. The molecule has 0 atom stereocenters. The van der Waals surface area contributed by atoms with Gasteiger partial charge in [0.1, 0.15) is 0 Å². The fourth-order valence-electron chi connectivity index (χ4n) is 1.95. The Morgan fingerprint density at radius 2 is 1.48 bits per heavy atom. The van der Waals surface area contributed by atoms with Crippen molar-refractivity contribution in [3.05, 3.63) is 64.8 Å². The predicted octanol–water partition coefficient (Wildman–Crippen LogP) is 6.57. The molecule has 23 heavy (non-hydrogen) atoms. The van der Waals surface area contributed by atoms with Gasteiger partial charge in [-0.05, 0) is 68.3 Å². The molecule has 0 fully saturated rings. The van der Waals surface area contributed by atoms with Crippen LogP contribution in [0.25, 0.3) is 10.1 Å². The molecule has 3 aromatic rings. The van der Waals surface area contributed by atoms with E-state index in [0.29, 0.717) is 0 Å². The molecule has 0 N–H and O–H groups in total. The third-order valence-corrected chi connectivity index (χ3v) is 3.49. The van der Waals surface area contributed by atoms with E-state index in [9.17, 15) is 0 Å². The zero-order chi connectivity index (χ0) is 17.7. The predicted molar refractivity (Wildman–Crippen MR) is 106 cm³/mol. The summed E-state index contributed by atoms with van der Waals surface area (Å²) < 4.78 is 1.37. The van der Waals surface area contributed by atoms with Crippen molar-refractivity contribution >= 4 is 21.4 Å². The number of hydrogen-bond acceptors (Lipinski definition) is 2. The van der Waals surface area contributed by atoms with Gasteiger partial charge in [-0.3, -0.25) is 4.98 Å². The Hall–Kier alpha value is -2.11. The van der Waals surface area contributed by atoms with Crippen molar-refractivity contribution in [3.63, 3.8) is 0 Å². The lowest BCUT2D eigenvalue weighted by molar-refractivity contribution is 1.10. The normalized spacial score (nSPS) is 8.39. The summed E-state index contributed by atoms with van der Waals surface area (Å²) in [5.74, 6) is 2.25. The molecule has 1 aromatic carbocycles. The van der Waals surface area contributed by atoms with Crippen LogP contribution in [0.5, 0.6) is 0 Å². The molecular formula is C21H27NS. The number of pyridine rings is 1. The van der Waals surface area contributed by atoms with Crippen LogP contribution in [0.1, 0.15) is 37.7 Å². The summed E-state index contributed by atoms with van der Waals surface area (Å²) in [6.07, 6.45) is 4.60. The first-order valence-electron chi connectivity index (χ1n) is 7.78. The maximum atomic E-state index is 4.60. The van der Waals surface area contributed by atoms with Crippen LogP contribution in [0.3, 0.4) is 0 Å². The van der Waals surface area contributed by atoms with Crippen LogP contribution in [0.4, 0.5) is 0 Å². The van der Waals surface area contributed by atoms with E-state index in [1.165, 1.54) is 15.6 Å². The fraction of sp³-hybridized carbons (Fsp3) is 0.286. The molecule has 0 aliphatic rings. The van der Waals surface area contributed by atoms with Gasteiger partial charge < -0.3 is 0 Å². The van der Waals surface area contributed by atoms with Crippen molar-refractivity contribution in [1.29, 1.82) is 0 Å². The first-order chi connectivity index (χ1) is 11.1. The standard InChI is InChI=1S/C8H11N.C8H6S.C3H4.C2H6/c1-6-4-7(2)9-8(3)5-6;1-2-4-8-7(3-1)5-6-9-8;1-3-2;1-2/h4-5H,1-3H3;1-6H;1H,2H3;1-2H3. The lowest BCUT2D eigenvalue weighted by Gasteiger charge is -1.96. The maximum absolute atomic E-state index is 4.60. The van der Waals surface area contributed by atoms with Gasteiger partial charge in [0.15, 0.2) is 0 Å². The molecule has 2 aromatic heterocycles. The van der Waals surface area contributed by atoms with Crippen LogP contribution in [0.2, 0.25) is 0 Å². The average Bonchev–Trinajstić information content (AvgIpc) is 2.98. The highest BCUT2D eigenvalue weighted by Crippen LogP contribution is 2.18. The maximum Gasteiger partial charge on any atom is 0.0378 e. The van der Waals surface area contributed by atoms with Crippen LogP contribution in [-0.2, 0) is 0 Å². The number of benzene rings is 1. The minimum absolute atomic E-state index is 1.10. The SMILES string of the molecule is C#CC.CC.Cc1cc(C)nc(C)c1.c1ccc2sccc2c1. The van der Waals surface area contributed by atoms with Gasteiger partial charge in [0, 0.05) is 16.1 Å². The van der Waals surface area contributed by atoms with Crippen molar-refractivity contribution in [3.8, 4) is 12.3 Å². The zero-order valence-electron chi connectivity index (χ0n) is 15.1. The van der Waals surface area contributed by atoms with E-state index in [1.54, 1.807) is 18.3 Å². The second-order valence-electron chi connectivity index (χ2n) is 4.67. The van der Waals surface area contributed by atoms with Crippen molar-refractivity contribution < 1.29 is 0 Å². The first kappa shape index (κ1) is 20.9. The number of hydrogen-bond donors (Lipinski definition) is 0. The molecule has 0 bridgehead atoms. The number of nitrogens with zero attached hydrogens (tertiary/aromatic N) is 1. The Bertz CT molecular complexity index is 639. The largest absolute Gasteiger partial charge is 0.258 e. The smallest absolute Gasteiger partial charge is 0.0378 e. The van der Waals surface area contributed by atoms with Gasteiger partial charge in [-0.1, -0.05) is 32.0 Å². The minimum Gasteiger partial charge on any atom is -0.258 e. The van der Waals surface area contributed by atoms with E-state index < -0.39 is 0 Å². The molecule has 2 heterocycles. The Balaban J connectivity index is 0.000000331. The Kier molecular flexibility index (Phi) is 11.3. The summed E-state index contributed by atoms with van der Waals surface area (Å²) in [6.45, 7) is 11.8. The summed E-state index contributed by atoms with van der Waals surface area (Å²) in [4.78, 5) is 4.23. The molecule has 122 valence electrons. The molecule has 0 amide bonds. The molecule has 0 saturated heterocycles. The molecular weight excluding hydrogens is 298 g/mol. The molecule has 0 saturated carbocycles. The van der Waals surface area contributed by atoms with Crippen LogP contribution >= 0.6 is 11.3 Å². The average molecular weight is 326 g/mol. The molecule has 0 aliphatic carbocycles. The molecule has 0 unspecified atom stereocenters. The van der Waals surface area contributed by atoms with Gasteiger partial charge >= 0.3 is 0 Å². The number of terminal acetylenes is 1. The topological polar surface area (TPSA) is 12.9 Å². The first-order valence-corrected chi connectivity index (χ1v) is 8.66. The molecule has 0 radical (unpaired) electrons. The minimum atomic E-state index is 1.10. The summed E-state index contributed by atoms with van der Waals surface area (Å²) in [6, 6.07) is 14.7. The van der Waals surface area contributed by atoms with Crippen LogP contribution < -0.4 is 0 Å². The van der Waals surface area contributed by atoms with Gasteiger partial charge in [-0.25, -0.2) is 0 Å². The van der Waals surface area contributed by atoms with Gasteiger partial charge in [-0.2, -0.15) is 0 Å². The quantitative estimate of drug-likeness (QED) is 0.426. The van der Waals surface area contributed by atoms with E-state index in [-0.39, 0.29) is 0 Å². The lowest BCUT2D eigenvalue weighted by atomic mass is 10.2. The Morgan fingerprint density at radius 3 is 1.96 bits per heavy atom. The lowest BCUT2D eigenvalue weighted by Crippen LogP contribution is -1.85. The summed E-state index contributed by atoms with van der Waals surface area (Å²) >= 11 is 1.79. The third kappa shape index (κ3) is 8.80. The molecule has 2 heteroatoms. The van der Waals surface area contributed by atoms with Crippen LogP contribution in [0.15, 0.2) is 47.8 Å². The monoisotopic (exact) mass is 325 g/mol.